The minimum absolute atomic E-state index is 0.0175. The van der Waals surface area contributed by atoms with Crippen LogP contribution in [0.3, 0.4) is 0 Å². The maximum absolute atomic E-state index is 11.9. The molecule has 1 aromatic heterocycles. The number of thioether (sulfide) groups is 1. The number of hydrogen-bond donors (Lipinski definition) is 2. The summed E-state index contributed by atoms with van der Waals surface area (Å²) in [4.78, 5) is 23.8. The van der Waals surface area contributed by atoms with Crippen molar-refractivity contribution >= 4 is 23.6 Å². The van der Waals surface area contributed by atoms with Crippen LogP contribution in [0, 0.1) is 0 Å². The van der Waals surface area contributed by atoms with Crippen LogP contribution < -0.4 is 20.3 Å². The van der Waals surface area contributed by atoms with Crippen molar-refractivity contribution in [2.24, 2.45) is 0 Å². The van der Waals surface area contributed by atoms with Gasteiger partial charge < -0.3 is 13.9 Å². The molecule has 0 saturated carbocycles. The van der Waals surface area contributed by atoms with E-state index in [1.807, 2.05) is 42.5 Å². The van der Waals surface area contributed by atoms with E-state index in [0.29, 0.717) is 23.8 Å². The molecule has 0 radical (unpaired) electrons. The van der Waals surface area contributed by atoms with Crippen LogP contribution in [0.25, 0.3) is 0 Å². The second-order valence-corrected chi connectivity index (χ2v) is 7.30. The van der Waals surface area contributed by atoms with Crippen molar-refractivity contribution in [1.82, 2.24) is 21.0 Å². The monoisotopic (exact) mass is 442 g/mol. The van der Waals surface area contributed by atoms with Gasteiger partial charge in [0, 0.05) is 0 Å². The molecule has 1 heterocycles. The molecule has 0 fully saturated rings. The van der Waals surface area contributed by atoms with Gasteiger partial charge in [-0.25, -0.2) is 0 Å². The van der Waals surface area contributed by atoms with Crippen molar-refractivity contribution in [2.45, 2.75) is 18.1 Å². The highest BCUT2D eigenvalue weighted by Gasteiger charge is 2.12. The number of benzene rings is 2. The van der Waals surface area contributed by atoms with Crippen molar-refractivity contribution < 1.29 is 23.5 Å². The Labute approximate surface area is 183 Å². The van der Waals surface area contributed by atoms with Gasteiger partial charge in [0.1, 0.15) is 0 Å². The number of hydrazine groups is 1. The largest absolute Gasteiger partial charge is 0.493 e. The fourth-order valence-corrected chi connectivity index (χ4v) is 3.24. The molecule has 0 spiro atoms. The van der Waals surface area contributed by atoms with Gasteiger partial charge >= 0.3 is 0 Å². The molecule has 9 nitrogen and oxygen atoms in total. The van der Waals surface area contributed by atoms with Gasteiger partial charge in [-0.05, 0) is 23.3 Å². The van der Waals surface area contributed by atoms with E-state index in [9.17, 15) is 9.59 Å². The zero-order chi connectivity index (χ0) is 22.1. The summed E-state index contributed by atoms with van der Waals surface area (Å²) in [6.07, 6.45) is 0.590. The van der Waals surface area contributed by atoms with E-state index < -0.39 is 0 Å². The zero-order valence-electron chi connectivity index (χ0n) is 17.1. The molecule has 31 heavy (non-hydrogen) atoms. The van der Waals surface area contributed by atoms with Gasteiger partial charge in [0.2, 0.25) is 17.7 Å². The molecule has 0 bridgehead atoms. The Kier molecular flexibility index (Phi) is 7.88. The lowest BCUT2D eigenvalue weighted by atomic mass is 10.1. The molecule has 162 valence electrons. The van der Waals surface area contributed by atoms with Crippen LogP contribution in [-0.2, 0) is 22.4 Å². The Balaban J connectivity index is 1.43. The van der Waals surface area contributed by atoms with Crippen LogP contribution >= 0.6 is 11.8 Å². The van der Waals surface area contributed by atoms with E-state index in [4.69, 9.17) is 13.9 Å². The lowest BCUT2D eigenvalue weighted by Gasteiger charge is -2.08. The molecular weight excluding hydrogens is 420 g/mol. The standard InChI is InChI=1S/C21H22N4O5S/c1-28-16-9-8-15(10-17(16)29-2)12-20-24-25-21(30-20)31-13-19(27)23-22-18(26)11-14-6-4-3-5-7-14/h3-10H,11-13H2,1-2H3,(H,22,26)(H,23,27). The number of amides is 2. The quantitative estimate of drug-likeness (QED) is 0.383. The first kappa shape index (κ1) is 22.2. The fourth-order valence-electron chi connectivity index (χ4n) is 2.66. The van der Waals surface area contributed by atoms with Gasteiger partial charge in [0.25, 0.3) is 5.22 Å². The number of rotatable bonds is 9. The third-order valence-corrected chi connectivity index (χ3v) is 4.95. The van der Waals surface area contributed by atoms with Crippen molar-refractivity contribution in [3.8, 4) is 11.5 Å². The third-order valence-electron chi connectivity index (χ3n) is 4.13. The molecule has 3 rings (SSSR count). The Bertz CT molecular complexity index is 1030. The second-order valence-electron chi connectivity index (χ2n) is 6.38. The van der Waals surface area contributed by atoms with Crippen molar-refractivity contribution in [3.05, 3.63) is 65.5 Å². The molecular formula is C21H22N4O5S. The SMILES string of the molecule is COc1ccc(Cc2nnc(SCC(=O)NNC(=O)Cc3ccccc3)o2)cc1OC. The number of carbonyl (C=O) groups is 2. The second kappa shape index (κ2) is 11.0. The van der Waals surface area contributed by atoms with Crippen LogP contribution in [-0.4, -0.2) is 42.0 Å². The Morgan fingerprint density at radius 3 is 2.42 bits per heavy atom. The summed E-state index contributed by atoms with van der Waals surface area (Å²) in [5, 5.41) is 8.20. The summed E-state index contributed by atoms with van der Waals surface area (Å²) in [5.74, 6) is 0.982. The molecule has 0 aliphatic rings. The van der Waals surface area contributed by atoms with Crippen molar-refractivity contribution in [3.63, 3.8) is 0 Å². The highest BCUT2D eigenvalue weighted by molar-refractivity contribution is 7.99. The molecule has 0 saturated heterocycles. The minimum atomic E-state index is -0.383. The van der Waals surface area contributed by atoms with Crippen LogP contribution in [0.2, 0.25) is 0 Å². The summed E-state index contributed by atoms with van der Waals surface area (Å²) in [6, 6.07) is 14.8. The van der Waals surface area contributed by atoms with Crippen LogP contribution in [0.4, 0.5) is 0 Å². The average Bonchev–Trinajstić information content (AvgIpc) is 3.24. The summed E-state index contributed by atoms with van der Waals surface area (Å²) in [5.41, 5.74) is 6.52. The summed E-state index contributed by atoms with van der Waals surface area (Å²) < 4.78 is 16.1. The molecule has 0 aliphatic carbocycles. The van der Waals surface area contributed by atoms with Gasteiger partial charge in [-0.15, -0.1) is 10.2 Å². The lowest BCUT2D eigenvalue weighted by molar-refractivity contribution is -0.127. The summed E-state index contributed by atoms with van der Waals surface area (Å²) >= 11 is 1.08. The van der Waals surface area contributed by atoms with Crippen LogP contribution in [0.15, 0.2) is 58.2 Å². The predicted molar refractivity (Wildman–Crippen MR) is 114 cm³/mol. The number of nitrogens with one attached hydrogen (secondary N) is 2. The first-order valence-corrected chi connectivity index (χ1v) is 10.3. The Hall–Kier alpha value is -3.53. The van der Waals surface area contributed by atoms with E-state index >= 15 is 0 Å². The number of hydrogen-bond acceptors (Lipinski definition) is 8. The number of ether oxygens (including phenoxy) is 2. The fraction of sp³-hybridized carbons (Fsp3) is 0.238. The lowest BCUT2D eigenvalue weighted by Crippen LogP contribution is -2.43. The summed E-state index contributed by atoms with van der Waals surface area (Å²) in [7, 11) is 3.14. The van der Waals surface area contributed by atoms with Gasteiger partial charge in [-0.1, -0.05) is 48.2 Å². The highest BCUT2D eigenvalue weighted by atomic mass is 32.2. The highest BCUT2D eigenvalue weighted by Crippen LogP contribution is 2.28. The van der Waals surface area contributed by atoms with E-state index in [0.717, 1.165) is 22.9 Å². The van der Waals surface area contributed by atoms with Crippen molar-refractivity contribution in [2.75, 3.05) is 20.0 Å². The number of methoxy groups -OCH3 is 2. The molecule has 3 aromatic rings. The molecule has 0 unspecified atom stereocenters. The van der Waals surface area contributed by atoms with Gasteiger partial charge in [0.15, 0.2) is 11.5 Å². The van der Waals surface area contributed by atoms with E-state index in [1.165, 1.54) is 0 Å². The molecule has 2 amide bonds. The molecule has 2 aromatic carbocycles. The third kappa shape index (κ3) is 6.75. The Morgan fingerprint density at radius 1 is 0.935 bits per heavy atom. The van der Waals surface area contributed by atoms with E-state index in [1.54, 1.807) is 20.3 Å². The van der Waals surface area contributed by atoms with Gasteiger partial charge in [0.05, 0.1) is 32.8 Å². The Morgan fingerprint density at radius 2 is 1.68 bits per heavy atom. The molecule has 0 aliphatic heterocycles. The maximum Gasteiger partial charge on any atom is 0.277 e. The van der Waals surface area contributed by atoms with E-state index in [2.05, 4.69) is 21.0 Å². The van der Waals surface area contributed by atoms with Gasteiger partial charge in [-0.3, -0.25) is 20.4 Å². The predicted octanol–water partition coefficient (Wildman–Crippen LogP) is 2.16. The molecule has 2 N–H and O–H groups in total. The van der Waals surface area contributed by atoms with E-state index in [-0.39, 0.29) is 29.2 Å². The number of carbonyl (C=O) groups excluding carboxylic acids is 2. The van der Waals surface area contributed by atoms with Crippen LogP contribution in [0.1, 0.15) is 17.0 Å². The average molecular weight is 442 g/mol. The molecule has 10 heteroatoms. The maximum atomic E-state index is 11.9. The number of nitrogens with zero attached hydrogens (tertiary/aromatic N) is 2. The van der Waals surface area contributed by atoms with Gasteiger partial charge in [-0.2, -0.15) is 0 Å². The zero-order valence-corrected chi connectivity index (χ0v) is 17.9. The van der Waals surface area contributed by atoms with Crippen molar-refractivity contribution in [1.29, 1.82) is 0 Å². The first-order chi connectivity index (χ1) is 15.1. The first-order valence-electron chi connectivity index (χ1n) is 9.35. The minimum Gasteiger partial charge on any atom is -0.493 e. The van der Waals surface area contributed by atoms with Crippen LogP contribution in [0.5, 0.6) is 11.5 Å². The number of aromatic nitrogens is 2. The topological polar surface area (TPSA) is 116 Å². The molecule has 0 atom stereocenters. The normalized spacial score (nSPS) is 10.4. The smallest absolute Gasteiger partial charge is 0.277 e. The summed E-state index contributed by atoms with van der Waals surface area (Å²) in [6.45, 7) is 0.